The summed E-state index contributed by atoms with van der Waals surface area (Å²) in [4.78, 5) is 13.3. The molecule has 1 N–H and O–H groups in total. The highest BCUT2D eigenvalue weighted by atomic mass is 35.5. The molecule has 1 aromatic carbocycles. The molecule has 0 fully saturated rings. The molecule has 6 heteroatoms. The monoisotopic (exact) mass is 254 g/mol. The van der Waals surface area contributed by atoms with Crippen LogP contribution in [-0.4, -0.2) is 16.2 Å². The Hall–Kier alpha value is -1.75. The van der Waals surface area contributed by atoms with Crippen LogP contribution in [0.3, 0.4) is 0 Å². The Bertz CT molecular complexity index is 574. The van der Waals surface area contributed by atoms with Crippen LogP contribution in [0.2, 0.25) is 5.02 Å². The quantitative estimate of drug-likeness (QED) is 0.914. The van der Waals surface area contributed by atoms with Gasteiger partial charge in [-0.3, -0.25) is 9.51 Å². The van der Waals surface area contributed by atoms with E-state index in [0.717, 1.165) is 0 Å². The minimum atomic E-state index is -0.598. The van der Waals surface area contributed by atoms with Crippen molar-refractivity contribution in [2.24, 2.45) is 0 Å². The first-order chi connectivity index (χ1) is 8.06. The molecule has 0 bridgehead atoms. The molecule has 1 heterocycles. The minimum Gasteiger partial charge on any atom is -0.489 e. The number of aromatic amines is 1. The minimum absolute atomic E-state index is 0.0465. The van der Waals surface area contributed by atoms with E-state index in [1.807, 2.05) is 13.8 Å². The van der Waals surface area contributed by atoms with Crippen molar-refractivity contribution < 1.29 is 9.26 Å². The molecule has 0 aliphatic heterocycles. The van der Waals surface area contributed by atoms with Crippen molar-refractivity contribution in [3.8, 4) is 17.1 Å². The Morgan fingerprint density at radius 1 is 1.47 bits per heavy atom. The van der Waals surface area contributed by atoms with Gasteiger partial charge in [-0.1, -0.05) is 16.8 Å². The summed E-state index contributed by atoms with van der Waals surface area (Å²) in [5.74, 6) is 0.336. The molecular formula is C11H11ClN2O3. The van der Waals surface area contributed by atoms with Gasteiger partial charge < -0.3 is 4.74 Å². The van der Waals surface area contributed by atoms with E-state index in [0.29, 0.717) is 22.2 Å². The van der Waals surface area contributed by atoms with E-state index in [-0.39, 0.29) is 6.10 Å². The predicted molar refractivity (Wildman–Crippen MR) is 63.3 cm³/mol. The topological polar surface area (TPSA) is 68.1 Å². The average molecular weight is 255 g/mol. The fourth-order valence-electron chi connectivity index (χ4n) is 1.35. The van der Waals surface area contributed by atoms with Gasteiger partial charge in [0.1, 0.15) is 5.75 Å². The Labute approximate surface area is 102 Å². The lowest BCUT2D eigenvalue weighted by molar-refractivity contribution is 0.242. The first-order valence-corrected chi connectivity index (χ1v) is 5.46. The molecule has 0 aliphatic carbocycles. The fraction of sp³-hybridized carbons (Fsp3) is 0.273. The highest BCUT2D eigenvalue weighted by molar-refractivity contribution is 6.32. The molecule has 5 nitrogen and oxygen atoms in total. The molecule has 17 heavy (non-hydrogen) atoms. The van der Waals surface area contributed by atoms with Crippen LogP contribution >= 0.6 is 11.6 Å². The predicted octanol–water partition coefficient (Wildman–Crippen LogP) is 2.47. The molecule has 90 valence electrons. The number of hydrogen-bond acceptors (Lipinski definition) is 4. The molecule has 1 aromatic heterocycles. The van der Waals surface area contributed by atoms with Gasteiger partial charge >= 0.3 is 5.76 Å². The van der Waals surface area contributed by atoms with Crippen molar-refractivity contribution in [2.45, 2.75) is 20.0 Å². The van der Waals surface area contributed by atoms with Crippen molar-refractivity contribution in [1.82, 2.24) is 10.1 Å². The summed E-state index contributed by atoms with van der Waals surface area (Å²) < 4.78 is 9.91. The summed E-state index contributed by atoms with van der Waals surface area (Å²) in [5, 5.41) is 4.03. The van der Waals surface area contributed by atoms with Crippen molar-refractivity contribution in [3.63, 3.8) is 0 Å². The Kier molecular flexibility index (Phi) is 3.19. The van der Waals surface area contributed by atoms with Crippen LogP contribution in [0.4, 0.5) is 0 Å². The van der Waals surface area contributed by atoms with Crippen LogP contribution in [0.15, 0.2) is 27.5 Å². The van der Waals surface area contributed by atoms with Gasteiger partial charge in [-0.2, -0.15) is 0 Å². The molecule has 2 aromatic rings. The number of ether oxygens (including phenoxy) is 1. The van der Waals surface area contributed by atoms with Crippen LogP contribution in [0, 0.1) is 0 Å². The van der Waals surface area contributed by atoms with Crippen molar-refractivity contribution in [3.05, 3.63) is 33.8 Å². The van der Waals surface area contributed by atoms with E-state index < -0.39 is 5.76 Å². The highest BCUT2D eigenvalue weighted by Crippen LogP contribution is 2.29. The van der Waals surface area contributed by atoms with Gasteiger partial charge in [0, 0.05) is 5.56 Å². The van der Waals surface area contributed by atoms with Crippen molar-refractivity contribution >= 4 is 11.6 Å². The van der Waals surface area contributed by atoms with Gasteiger partial charge in [0.05, 0.1) is 11.1 Å². The summed E-state index contributed by atoms with van der Waals surface area (Å²) in [6.07, 6.45) is 0.0465. The molecule has 0 atom stereocenters. The van der Waals surface area contributed by atoms with Crippen molar-refractivity contribution in [2.75, 3.05) is 0 Å². The van der Waals surface area contributed by atoms with E-state index in [9.17, 15) is 4.79 Å². The standard InChI is InChI=1S/C11H11ClN2O3/c1-6(2)16-9-4-3-7(5-8(9)12)10-13-11(15)17-14-10/h3-6H,1-2H3,(H,13,14,15). The molecular weight excluding hydrogens is 244 g/mol. The van der Waals surface area contributed by atoms with Crippen molar-refractivity contribution in [1.29, 1.82) is 0 Å². The maximum Gasteiger partial charge on any atom is 0.439 e. The van der Waals surface area contributed by atoms with Crippen LogP contribution in [0.25, 0.3) is 11.4 Å². The number of hydrogen-bond donors (Lipinski definition) is 1. The highest BCUT2D eigenvalue weighted by Gasteiger charge is 2.09. The fourth-order valence-corrected chi connectivity index (χ4v) is 1.58. The summed E-state index contributed by atoms with van der Waals surface area (Å²) in [6.45, 7) is 3.83. The van der Waals surface area contributed by atoms with E-state index in [4.69, 9.17) is 16.3 Å². The zero-order chi connectivity index (χ0) is 12.4. The number of nitrogens with one attached hydrogen (secondary N) is 1. The lowest BCUT2D eigenvalue weighted by Crippen LogP contribution is -2.05. The van der Waals surface area contributed by atoms with Gasteiger partial charge in [-0.15, -0.1) is 0 Å². The largest absolute Gasteiger partial charge is 0.489 e. The second kappa shape index (κ2) is 4.63. The first-order valence-electron chi connectivity index (χ1n) is 5.09. The zero-order valence-corrected chi connectivity index (χ0v) is 10.1. The summed E-state index contributed by atoms with van der Waals surface area (Å²) in [7, 11) is 0. The molecule has 0 saturated carbocycles. The number of benzene rings is 1. The Morgan fingerprint density at radius 3 is 2.76 bits per heavy atom. The molecule has 2 rings (SSSR count). The third-order valence-electron chi connectivity index (χ3n) is 2.01. The maximum absolute atomic E-state index is 10.8. The smallest absolute Gasteiger partial charge is 0.439 e. The summed E-state index contributed by atoms with van der Waals surface area (Å²) in [6, 6.07) is 5.13. The Balaban J connectivity index is 2.33. The third kappa shape index (κ3) is 2.68. The van der Waals surface area contributed by atoms with Crippen LogP contribution in [0.1, 0.15) is 13.8 Å². The Morgan fingerprint density at radius 2 is 2.24 bits per heavy atom. The second-order valence-corrected chi connectivity index (χ2v) is 4.16. The maximum atomic E-state index is 10.8. The first kappa shape index (κ1) is 11.7. The lowest BCUT2D eigenvalue weighted by atomic mass is 10.2. The molecule has 0 radical (unpaired) electrons. The van der Waals surface area contributed by atoms with E-state index in [1.165, 1.54) is 0 Å². The third-order valence-corrected chi connectivity index (χ3v) is 2.30. The SMILES string of the molecule is CC(C)Oc1ccc(-c2noc(=O)[nH]2)cc1Cl. The van der Waals surface area contributed by atoms with Crippen LogP contribution in [-0.2, 0) is 0 Å². The van der Waals surface area contributed by atoms with E-state index in [1.54, 1.807) is 18.2 Å². The van der Waals surface area contributed by atoms with Crippen LogP contribution < -0.4 is 10.5 Å². The van der Waals surface area contributed by atoms with Gasteiger partial charge in [0.25, 0.3) is 0 Å². The number of nitrogens with zero attached hydrogens (tertiary/aromatic N) is 1. The zero-order valence-electron chi connectivity index (χ0n) is 9.36. The molecule has 0 saturated heterocycles. The average Bonchev–Trinajstić information content (AvgIpc) is 2.67. The second-order valence-electron chi connectivity index (χ2n) is 3.76. The molecule has 0 amide bonds. The number of halogens is 1. The number of H-pyrrole nitrogens is 1. The lowest BCUT2D eigenvalue weighted by Gasteiger charge is -2.11. The summed E-state index contributed by atoms with van der Waals surface area (Å²) >= 11 is 6.05. The van der Waals surface area contributed by atoms with Gasteiger partial charge in [0.15, 0.2) is 5.82 Å². The normalized spacial score (nSPS) is 10.8. The molecule has 0 aliphatic rings. The van der Waals surface area contributed by atoms with Gasteiger partial charge in [-0.05, 0) is 32.0 Å². The summed E-state index contributed by atoms with van der Waals surface area (Å²) in [5.41, 5.74) is 0.664. The molecule has 0 spiro atoms. The van der Waals surface area contributed by atoms with E-state index in [2.05, 4.69) is 14.7 Å². The van der Waals surface area contributed by atoms with E-state index >= 15 is 0 Å². The number of rotatable bonds is 3. The number of aromatic nitrogens is 2. The molecule has 0 unspecified atom stereocenters. The van der Waals surface area contributed by atoms with Gasteiger partial charge in [0.2, 0.25) is 0 Å². The van der Waals surface area contributed by atoms with Gasteiger partial charge in [-0.25, -0.2) is 4.79 Å². The van der Waals surface area contributed by atoms with Crippen LogP contribution in [0.5, 0.6) is 5.75 Å².